The first-order valence-corrected chi connectivity index (χ1v) is 7.46. The maximum Gasteiger partial charge on any atom is 0.125 e. The number of benzene rings is 2. The van der Waals surface area contributed by atoms with Crippen LogP contribution in [-0.4, -0.2) is 20.2 Å². The minimum Gasteiger partial charge on any atom is -0.507 e. The lowest BCUT2D eigenvalue weighted by molar-refractivity contribution is 0.514. The van der Waals surface area contributed by atoms with Crippen LogP contribution in [0.15, 0.2) is 73.1 Å². The quantitative estimate of drug-likeness (QED) is 0.691. The van der Waals surface area contributed by atoms with E-state index in [9.17, 15) is 10.2 Å². The molecule has 0 bridgehead atoms. The standard InChI is InChI=1S/C20H16N2O2/c23-19(15-7-3-1-4-8-15)11-17-13-22-18(14-21-17)12-20(24)16-9-5-2-6-10-16/h1-14,23-24H/b19-11-,20-12-. The fourth-order valence-electron chi connectivity index (χ4n) is 2.16. The predicted octanol–water partition coefficient (Wildman–Crippen LogP) is 4.59. The molecule has 0 aliphatic heterocycles. The van der Waals surface area contributed by atoms with Gasteiger partial charge in [0.25, 0.3) is 0 Å². The van der Waals surface area contributed by atoms with Crippen LogP contribution >= 0.6 is 0 Å². The van der Waals surface area contributed by atoms with E-state index in [0.717, 1.165) is 0 Å². The van der Waals surface area contributed by atoms with Crippen LogP contribution in [0.5, 0.6) is 0 Å². The van der Waals surface area contributed by atoms with Gasteiger partial charge in [-0.3, -0.25) is 9.97 Å². The van der Waals surface area contributed by atoms with Gasteiger partial charge in [-0.25, -0.2) is 0 Å². The SMILES string of the molecule is O/C(=C\c1cnc(/C=C(\O)c2ccccc2)cn1)c1ccccc1. The van der Waals surface area contributed by atoms with Gasteiger partial charge in [-0.1, -0.05) is 60.7 Å². The summed E-state index contributed by atoms with van der Waals surface area (Å²) in [6, 6.07) is 18.4. The predicted molar refractivity (Wildman–Crippen MR) is 95.9 cm³/mol. The molecular weight excluding hydrogens is 300 g/mol. The summed E-state index contributed by atoms with van der Waals surface area (Å²) in [6.07, 6.45) is 6.19. The lowest BCUT2D eigenvalue weighted by Gasteiger charge is -2.01. The van der Waals surface area contributed by atoms with Gasteiger partial charge in [-0.2, -0.15) is 0 Å². The molecule has 0 aliphatic carbocycles. The monoisotopic (exact) mass is 316 g/mol. The second kappa shape index (κ2) is 7.24. The Morgan fingerprint density at radius 2 is 1.00 bits per heavy atom. The van der Waals surface area contributed by atoms with Gasteiger partial charge in [-0.15, -0.1) is 0 Å². The molecule has 118 valence electrons. The summed E-state index contributed by atoms with van der Waals surface area (Å²) in [5.74, 6) is 0.251. The van der Waals surface area contributed by atoms with E-state index in [1.807, 2.05) is 60.7 Å². The average Bonchev–Trinajstić information content (AvgIpc) is 2.65. The molecule has 2 aromatic carbocycles. The number of nitrogens with zero attached hydrogens (tertiary/aromatic N) is 2. The average molecular weight is 316 g/mol. The molecule has 1 aromatic heterocycles. The molecule has 0 aliphatic rings. The molecule has 0 radical (unpaired) electrons. The lowest BCUT2D eigenvalue weighted by Crippen LogP contribution is -1.90. The molecule has 3 rings (SSSR count). The Hall–Kier alpha value is -3.40. The van der Waals surface area contributed by atoms with E-state index >= 15 is 0 Å². The third kappa shape index (κ3) is 3.87. The van der Waals surface area contributed by atoms with E-state index in [2.05, 4.69) is 9.97 Å². The summed E-state index contributed by atoms with van der Waals surface area (Å²) < 4.78 is 0. The molecule has 0 spiro atoms. The molecule has 1 heterocycles. The van der Waals surface area contributed by atoms with Crippen LogP contribution in [0.1, 0.15) is 22.5 Å². The molecule has 0 saturated heterocycles. The normalized spacial score (nSPS) is 12.2. The second-order valence-electron chi connectivity index (χ2n) is 5.16. The Balaban J connectivity index is 1.79. The van der Waals surface area contributed by atoms with Gasteiger partial charge in [0.2, 0.25) is 0 Å². The number of rotatable bonds is 4. The highest BCUT2D eigenvalue weighted by atomic mass is 16.3. The number of aliphatic hydroxyl groups is 2. The molecule has 0 atom stereocenters. The van der Waals surface area contributed by atoms with E-state index in [0.29, 0.717) is 22.5 Å². The largest absolute Gasteiger partial charge is 0.507 e. The van der Waals surface area contributed by atoms with E-state index in [-0.39, 0.29) is 11.5 Å². The van der Waals surface area contributed by atoms with Crippen LogP contribution in [0.4, 0.5) is 0 Å². The molecule has 0 fully saturated rings. The first-order valence-electron chi connectivity index (χ1n) is 7.46. The van der Waals surface area contributed by atoms with Gasteiger partial charge in [0, 0.05) is 23.3 Å². The summed E-state index contributed by atoms with van der Waals surface area (Å²) in [5, 5.41) is 20.2. The minimum atomic E-state index is 0.125. The summed E-state index contributed by atoms with van der Waals surface area (Å²) in [6.45, 7) is 0. The fourth-order valence-corrected chi connectivity index (χ4v) is 2.16. The number of hydrogen-bond donors (Lipinski definition) is 2. The molecule has 24 heavy (non-hydrogen) atoms. The van der Waals surface area contributed by atoms with E-state index in [1.54, 1.807) is 24.5 Å². The van der Waals surface area contributed by atoms with Crippen molar-refractivity contribution in [2.24, 2.45) is 0 Å². The first kappa shape index (κ1) is 15.5. The van der Waals surface area contributed by atoms with Crippen LogP contribution in [0, 0.1) is 0 Å². The van der Waals surface area contributed by atoms with E-state index in [1.165, 1.54) is 0 Å². The van der Waals surface area contributed by atoms with Crippen molar-refractivity contribution >= 4 is 23.7 Å². The molecule has 2 N–H and O–H groups in total. The van der Waals surface area contributed by atoms with Gasteiger partial charge in [0.15, 0.2) is 0 Å². The molecule has 0 amide bonds. The van der Waals surface area contributed by atoms with Crippen molar-refractivity contribution in [2.75, 3.05) is 0 Å². The number of hydrogen-bond acceptors (Lipinski definition) is 4. The molecule has 4 heteroatoms. The zero-order valence-electron chi connectivity index (χ0n) is 12.9. The second-order valence-corrected chi connectivity index (χ2v) is 5.16. The Kier molecular flexibility index (Phi) is 4.68. The van der Waals surface area contributed by atoms with Gasteiger partial charge in [-0.05, 0) is 0 Å². The van der Waals surface area contributed by atoms with Crippen molar-refractivity contribution in [2.45, 2.75) is 0 Å². The van der Waals surface area contributed by atoms with E-state index in [4.69, 9.17) is 0 Å². The number of aliphatic hydroxyl groups excluding tert-OH is 2. The molecule has 3 aromatic rings. The summed E-state index contributed by atoms with van der Waals surface area (Å²) in [5.41, 5.74) is 2.50. The van der Waals surface area contributed by atoms with Crippen LogP contribution in [0.25, 0.3) is 23.7 Å². The maximum atomic E-state index is 10.1. The van der Waals surface area contributed by atoms with Gasteiger partial charge in [0.1, 0.15) is 11.5 Å². The highest BCUT2D eigenvalue weighted by Crippen LogP contribution is 2.16. The van der Waals surface area contributed by atoms with Crippen LogP contribution in [-0.2, 0) is 0 Å². The Bertz CT molecular complexity index is 781. The smallest absolute Gasteiger partial charge is 0.125 e. The van der Waals surface area contributed by atoms with Crippen molar-refractivity contribution < 1.29 is 10.2 Å². The Labute approximate surface area is 140 Å². The highest BCUT2D eigenvalue weighted by Gasteiger charge is 2.02. The van der Waals surface area contributed by atoms with Crippen LogP contribution in [0.2, 0.25) is 0 Å². The third-order valence-electron chi connectivity index (χ3n) is 3.40. The van der Waals surface area contributed by atoms with Crippen molar-refractivity contribution in [3.8, 4) is 0 Å². The topological polar surface area (TPSA) is 66.2 Å². The molecule has 0 unspecified atom stereocenters. The highest BCUT2D eigenvalue weighted by molar-refractivity contribution is 5.76. The Morgan fingerprint density at radius 1 is 0.625 bits per heavy atom. The van der Waals surface area contributed by atoms with Crippen LogP contribution in [0.3, 0.4) is 0 Å². The molecule has 4 nitrogen and oxygen atoms in total. The molecular formula is C20H16N2O2. The summed E-state index contributed by atoms with van der Waals surface area (Å²) in [7, 11) is 0. The zero-order valence-corrected chi connectivity index (χ0v) is 12.9. The van der Waals surface area contributed by atoms with Crippen molar-refractivity contribution in [1.29, 1.82) is 0 Å². The lowest BCUT2D eigenvalue weighted by atomic mass is 10.1. The van der Waals surface area contributed by atoms with Crippen molar-refractivity contribution in [3.05, 3.63) is 95.6 Å². The molecule has 0 saturated carbocycles. The summed E-state index contributed by atoms with van der Waals surface area (Å²) in [4.78, 5) is 8.47. The fraction of sp³-hybridized carbons (Fsp3) is 0. The van der Waals surface area contributed by atoms with Crippen molar-refractivity contribution in [1.82, 2.24) is 9.97 Å². The van der Waals surface area contributed by atoms with Crippen molar-refractivity contribution in [3.63, 3.8) is 0 Å². The van der Waals surface area contributed by atoms with E-state index < -0.39 is 0 Å². The van der Waals surface area contributed by atoms with Crippen LogP contribution < -0.4 is 0 Å². The van der Waals surface area contributed by atoms with Gasteiger partial charge >= 0.3 is 0 Å². The number of aromatic nitrogens is 2. The third-order valence-corrected chi connectivity index (χ3v) is 3.40. The Morgan fingerprint density at radius 3 is 1.33 bits per heavy atom. The minimum absolute atomic E-state index is 0.125. The first-order chi connectivity index (χ1) is 11.7. The maximum absolute atomic E-state index is 10.1. The van der Waals surface area contributed by atoms with Gasteiger partial charge < -0.3 is 10.2 Å². The summed E-state index contributed by atoms with van der Waals surface area (Å²) >= 11 is 0. The van der Waals surface area contributed by atoms with Gasteiger partial charge in [0.05, 0.1) is 23.8 Å². The zero-order chi connectivity index (χ0) is 16.8.